The third kappa shape index (κ3) is 5.75. The van der Waals surface area contributed by atoms with Crippen LogP contribution in [0, 0.1) is 11.6 Å². The van der Waals surface area contributed by atoms with Crippen LogP contribution in [0.5, 0.6) is 5.75 Å². The van der Waals surface area contributed by atoms with E-state index in [0.717, 1.165) is 17.3 Å². The van der Waals surface area contributed by atoms with E-state index < -0.39 is 23.0 Å². The minimum Gasteiger partial charge on any atom is -0.478 e. The molecular weight excluding hydrogens is 448 g/mol. The van der Waals surface area contributed by atoms with Crippen LogP contribution in [0.4, 0.5) is 14.5 Å². The Labute approximate surface area is 193 Å². The lowest BCUT2D eigenvalue weighted by molar-refractivity contribution is -0.115. The van der Waals surface area contributed by atoms with Gasteiger partial charge in [0.2, 0.25) is 5.91 Å². The molecule has 0 fully saturated rings. The summed E-state index contributed by atoms with van der Waals surface area (Å²) in [7, 11) is 0. The highest BCUT2D eigenvalue weighted by molar-refractivity contribution is 8.00. The van der Waals surface area contributed by atoms with Crippen LogP contribution >= 0.6 is 11.8 Å². The zero-order valence-corrected chi connectivity index (χ0v) is 18.3. The molecular formula is C24H19F2N3O3S. The molecule has 33 heavy (non-hydrogen) atoms. The number of halogens is 2. The van der Waals surface area contributed by atoms with Gasteiger partial charge in [-0.3, -0.25) is 4.79 Å². The van der Waals surface area contributed by atoms with Crippen LogP contribution in [0.2, 0.25) is 0 Å². The van der Waals surface area contributed by atoms with Gasteiger partial charge >= 0.3 is 0 Å². The molecule has 1 amide bonds. The molecule has 6 nitrogen and oxygen atoms in total. The summed E-state index contributed by atoms with van der Waals surface area (Å²) in [5.74, 6) is -1.02. The van der Waals surface area contributed by atoms with Crippen molar-refractivity contribution in [2.24, 2.45) is 0 Å². The van der Waals surface area contributed by atoms with Gasteiger partial charge in [0.05, 0.1) is 0 Å². The number of amides is 1. The fourth-order valence-corrected chi connectivity index (χ4v) is 3.84. The molecule has 1 N–H and O–H groups in total. The maximum atomic E-state index is 13.9. The minimum atomic E-state index is -0.715. The number of ether oxygens (including phenoxy) is 1. The molecule has 0 bridgehead atoms. The number of carbonyl (C=O) groups excluding carboxylic acids is 1. The molecule has 0 aliphatic carbocycles. The van der Waals surface area contributed by atoms with E-state index in [0.29, 0.717) is 5.69 Å². The van der Waals surface area contributed by atoms with E-state index in [2.05, 4.69) is 15.5 Å². The molecule has 1 heterocycles. The third-order valence-corrected chi connectivity index (χ3v) is 5.67. The first-order valence-corrected chi connectivity index (χ1v) is 10.9. The van der Waals surface area contributed by atoms with E-state index >= 15 is 0 Å². The van der Waals surface area contributed by atoms with Gasteiger partial charge in [0, 0.05) is 5.69 Å². The van der Waals surface area contributed by atoms with E-state index in [9.17, 15) is 13.6 Å². The maximum absolute atomic E-state index is 13.9. The molecule has 0 radical (unpaired) electrons. The van der Waals surface area contributed by atoms with Crippen molar-refractivity contribution in [3.05, 3.63) is 102 Å². The first-order chi connectivity index (χ1) is 16.0. The van der Waals surface area contributed by atoms with Gasteiger partial charge in [0.15, 0.2) is 17.7 Å². The lowest BCUT2D eigenvalue weighted by atomic mass is 10.1. The summed E-state index contributed by atoms with van der Waals surface area (Å²) in [5, 5.41) is 10.2. The highest BCUT2D eigenvalue weighted by Crippen LogP contribution is 2.36. The Morgan fingerprint density at radius 1 is 0.970 bits per heavy atom. The number of nitrogens with zero attached hydrogens (tertiary/aromatic N) is 2. The van der Waals surface area contributed by atoms with Gasteiger partial charge < -0.3 is 14.5 Å². The molecule has 0 unspecified atom stereocenters. The van der Waals surface area contributed by atoms with Gasteiger partial charge in [-0.15, -0.1) is 10.2 Å². The molecule has 4 rings (SSSR count). The van der Waals surface area contributed by atoms with Crippen molar-refractivity contribution in [2.75, 3.05) is 5.32 Å². The van der Waals surface area contributed by atoms with Crippen molar-refractivity contribution >= 4 is 23.4 Å². The predicted molar refractivity (Wildman–Crippen MR) is 120 cm³/mol. The van der Waals surface area contributed by atoms with Gasteiger partial charge in [-0.1, -0.05) is 42.5 Å². The molecule has 0 spiro atoms. The van der Waals surface area contributed by atoms with Crippen LogP contribution in [-0.4, -0.2) is 16.1 Å². The van der Waals surface area contributed by atoms with Crippen molar-refractivity contribution in [3.63, 3.8) is 0 Å². The Morgan fingerprint density at radius 2 is 1.67 bits per heavy atom. The first kappa shape index (κ1) is 22.5. The minimum absolute atomic E-state index is 0.0678. The van der Waals surface area contributed by atoms with Crippen molar-refractivity contribution < 1.29 is 22.7 Å². The number of benzene rings is 3. The second kappa shape index (κ2) is 10.3. The van der Waals surface area contributed by atoms with Gasteiger partial charge in [0.25, 0.3) is 11.1 Å². The highest BCUT2D eigenvalue weighted by Gasteiger charge is 2.26. The lowest BCUT2D eigenvalue weighted by Crippen LogP contribution is -2.19. The van der Waals surface area contributed by atoms with Crippen LogP contribution in [0.1, 0.15) is 29.7 Å². The zero-order valence-electron chi connectivity index (χ0n) is 17.4. The fraction of sp³-hybridized carbons (Fsp3) is 0.125. The van der Waals surface area contributed by atoms with Crippen molar-refractivity contribution in [1.29, 1.82) is 0 Å². The van der Waals surface area contributed by atoms with Crippen molar-refractivity contribution in [3.8, 4) is 5.75 Å². The monoisotopic (exact) mass is 467 g/mol. The quantitative estimate of drug-likeness (QED) is 0.322. The standard InChI is InChI=1S/C24H19F2N3O3S/c1-15(31-20-10-6-5-9-19(20)26)23-28-29-24(32-23)33-21(16-7-3-2-4-8-16)22(30)27-18-13-11-17(25)12-14-18/h2-15,21H,1H3,(H,27,30)/t15-,21-/m1/s1. The van der Waals surface area contributed by atoms with Crippen LogP contribution in [-0.2, 0) is 4.79 Å². The number of rotatable bonds is 8. The summed E-state index contributed by atoms with van der Waals surface area (Å²) in [6.07, 6.45) is -0.702. The summed E-state index contributed by atoms with van der Waals surface area (Å²) in [4.78, 5) is 13.0. The number of para-hydroxylation sites is 1. The van der Waals surface area contributed by atoms with Crippen LogP contribution in [0.3, 0.4) is 0 Å². The molecule has 9 heteroatoms. The van der Waals surface area contributed by atoms with E-state index in [1.54, 1.807) is 19.1 Å². The number of hydrogen-bond donors (Lipinski definition) is 1. The van der Waals surface area contributed by atoms with Gasteiger partial charge in [0.1, 0.15) is 11.1 Å². The van der Waals surface area contributed by atoms with Gasteiger partial charge in [-0.25, -0.2) is 8.78 Å². The summed E-state index contributed by atoms with van der Waals surface area (Å²) < 4.78 is 38.3. The Hall–Kier alpha value is -3.72. The first-order valence-electron chi connectivity index (χ1n) is 10.0. The largest absolute Gasteiger partial charge is 0.478 e. The molecule has 3 aromatic carbocycles. The molecule has 0 saturated heterocycles. The predicted octanol–water partition coefficient (Wildman–Crippen LogP) is 5.96. The number of nitrogens with one attached hydrogen (secondary N) is 1. The average Bonchev–Trinajstić information content (AvgIpc) is 3.30. The summed E-state index contributed by atoms with van der Waals surface area (Å²) in [6, 6.07) is 20.6. The third-order valence-electron chi connectivity index (χ3n) is 4.58. The molecule has 1 aromatic heterocycles. The van der Waals surface area contributed by atoms with Crippen LogP contribution in [0.15, 0.2) is 88.5 Å². The van der Waals surface area contributed by atoms with Gasteiger partial charge in [-0.2, -0.15) is 0 Å². The number of thioether (sulfide) groups is 1. The Morgan fingerprint density at radius 3 is 2.39 bits per heavy atom. The van der Waals surface area contributed by atoms with E-state index in [1.807, 2.05) is 30.3 Å². The molecule has 0 saturated carbocycles. The summed E-state index contributed by atoms with van der Waals surface area (Å²) in [6.45, 7) is 1.66. The molecule has 0 aliphatic heterocycles. The lowest BCUT2D eigenvalue weighted by Gasteiger charge is -2.15. The maximum Gasteiger partial charge on any atom is 0.277 e. The number of aromatic nitrogens is 2. The molecule has 168 valence electrons. The summed E-state index contributed by atoms with van der Waals surface area (Å²) >= 11 is 1.06. The SMILES string of the molecule is C[C@@H](Oc1ccccc1F)c1nnc(S[C@@H](C(=O)Nc2ccc(F)cc2)c2ccccc2)o1. The van der Waals surface area contributed by atoms with E-state index in [1.165, 1.54) is 36.4 Å². The second-order valence-corrected chi connectivity index (χ2v) is 8.06. The average molecular weight is 467 g/mol. The van der Waals surface area contributed by atoms with Crippen LogP contribution < -0.4 is 10.1 Å². The Bertz CT molecular complexity index is 1220. The Balaban J connectivity index is 1.51. The number of hydrogen-bond acceptors (Lipinski definition) is 6. The topological polar surface area (TPSA) is 77.2 Å². The Kier molecular flexibility index (Phi) is 6.99. The zero-order chi connectivity index (χ0) is 23.2. The van der Waals surface area contributed by atoms with E-state index in [-0.39, 0.29) is 22.8 Å². The normalized spacial score (nSPS) is 12.7. The van der Waals surface area contributed by atoms with Crippen LogP contribution in [0.25, 0.3) is 0 Å². The fourth-order valence-electron chi connectivity index (χ4n) is 2.96. The smallest absolute Gasteiger partial charge is 0.277 e. The molecule has 2 atom stereocenters. The molecule has 0 aliphatic rings. The summed E-state index contributed by atoms with van der Waals surface area (Å²) in [5.41, 5.74) is 1.18. The van der Waals surface area contributed by atoms with Crippen molar-refractivity contribution in [1.82, 2.24) is 10.2 Å². The highest BCUT2D eigenvalue weighted by atomic mass is 32.2. The second-order valence-electron chi connectivity index (χ2n) is 7.00. The molecule has 4 aromatic rings. The van der Waals surface area contributed by atoms with Crippen molar-refractivity contribution in [2.45, 2.75) is 23.5 Å². The number of anilines is 1. The van der Waals surface area contributed by atoms with E-state index in [4.69, 9.17) is 9.15 Å². The number of carbonyl (C=O) groups is 1. The van der Waals surface area contributed by atoms with Gasteiger partial charge in [-0.05, 0) is 60.6 Å².